The zero-order chi connectivity index (χ0) is 23.1. The van der Waals surface area contributed by atoms with Crippen molar-refractivity contribution in [1.29, 1.82) is 0 Å². The fraction of sp³-hybridized carbons (Fsp3) is 0.625. The maximum Gasteiger partial charge on any atom is 0.336 e. The monoisotopic (exact) mass is 450 g/mol. The highest BCUT2D eigenvalue weighted by atomic mass is 16.7. The van der Waals surface area contributed by atoms with Crippen molar-refractivity contribution in [3.05, 3.63) is 40.2 Å². The molecule has 1 aromatic carbocycles. The van der Waals surface area contributed by atoms with Gasteiger partial charge < -0.3 is 34.3 Å². The first kappa shape index (κ1) is 24.7. The number of benzene rings is 1. The van der Waals surface area contributed by atoms with Crippen LogP contribution >= 0.6 is 0 Å². The Hall–Kier alpha value is -1.97. The van der Waals surface area contributed by atoms with E-state index in [2.05, 4.69) is 6.92 Å². The Morgan fingerprint density at radius 3 is 2.38 bits per heavy atom. The van der Waals surface area contributed by atoms with Crippen LogP contribution in [0.4, 0.5) is 0 Å². The van der Waals surface area contributed by atoms with Crippen LogP contribution in [0, 0.1) is 0 Å². The zero-order valence-electron chi connectivity index (χ0n) is 18.5. The number of aryl methyl sites for hydroxylation is 1. The summed E-state index contributed by atoms with van der Waals surface area (Å²) in [4.78, 5) is 12.1. The van der Waals surface area contributed by atoms with Crippen LogP contribution in [0.3, 0.4) is 0 Å². The van der Waals surface area contributed by atoms with E-state index in [1.54, 1.807) is 12.1 Å². The second-order valence-electron chi connectivity index (χ2n) is 8.44. The van der Waals surface area contributed by atoms with E-state index in [-0.39, 0.29) is 5.75 Å². The number of fused-ring (bicyclic) bond motifs is 1. The Morgan fingerprint density at radius 1 is 0.938 bits per heavy atom. The van der Waals surface area contributed by atoms with Crippen LogP contribution in [-0.4, -0.2) is 57.7 Å². The molecule has 1 saturated heterocycles. The largest absolute Gasteiger partial charge is 0.462 e. The molecule has 1 fully saturated rings. The highest BCUT2D eigenvalue weighted by Gasteiger charge is 2.44. The molecule has 0 spiro atoms. The standard InChI is InChI=1S/C24H34O8/c1-2-3-4-5-6-7-8-9-15-12-20(26)31-18-13-16(10-11-17(15)18)30-24-23(29)22(28)21(27)19(14-25)32-24/h10-13,19,21-25,27-29H,2-9,14H2,1H3/t19-,21-,22+,23-,24-/m1/s1. The van der Waals surface area contributed by atoms with E-state index < -0.39 is 42.9 Å². The van der Waals surface area contributed by atoms with Crippen molar-refractivity contribution >= 4 is 11.0 Å². The van der Waals surface area contributed by atoms with E-state index in [9.17, 15) is 25.2 Å². The molecule has 2 heterocycles. The van der Waals surface area contributed by atoms with Gasteiger partial charge in [-0.05, 0) is 30.5 Å². The molecule has 4 N–H and O–H groups in total. The summed E-state index contributed by atoms with van der Waals surface area (Å²) < 4.78 is 16.3. The van der Waals surface area contributed by atoms with Crippen LogP contribution in [0.2, 0.25) is 0 Å². The Bertz CT molecular complexity index is 908. The fourth-order valence-electron chi connectivity index (χ4n) is 4.06. The Labute approximate surface area is 187 Å². The van der Waals surface area contributed by atoms with Crippen molar-refractivity contribution < 1.29 is 34.3 Å². The Balaban J connectivity index is 1.67. The number of rotatable bonds is 11. The summed E-state index contributed by atoms with van der Waals surface area (Å²) in [6, 6.07) is 6.51. The third-order valence-electron chi connectivity index (χ3n) is 5.95. The minimum absolute atomic E-state index is 0.262. The number of hydrogen-bond donors (Lipinski definition) is 4. The summed E-state index contributed by atoms with van der Waals surface area (Å²) in [5.74, 6) is 0.262. The van der Waals surface area contributed by atoms with Gasteiger partial charge in [0.25, 0.3) is 0 Å². The van der Waals surface area contributed by atoms with Crippen LogP contribution in [0.5, 0.6) is 5.75 Å². The highest BCUT2D eigenvalue weighted by molar-refractivity contribution is 5.81. The average molecular weight is 451 g/mol. The van der Waals surface area contributed by atoms with E-state index >= 15 is 0 Å². The summed E-state index contributed by atoms with van der Waals surface area (Å²) in [6.07, 6.45) is 2.23. The van der Waals surface area contributed by atoms with Crippen molar-refractivity contribution in [2.75, 3.05) is 6.61 Å². The lowest BCUT2D eigenvalue weighted by molar-refractivity contribution is -0.277. The summed E-state index contributed by atoms with van der Waals surface area (Å²) in [5, 5.41) is 40.1. The third kappa shape index (κ3) is 6.08. The minimum atomic E-state index is -1.53. The van der Waals surface area contributed by atoms with Crippen LogP contribution in [0.15, 0.2) is 33.5 Å². The van der Waals surface area contributed by atoms with E-state index in [0.717, 1.165) is 30.2 Å². The van der Waals surface area contributed by atoms with Crippen molar-refractivity contribution in [3.63, 3.8) is 0 Å². The summed E-state index contributed by atoms with van der Waals surface area (Å²) in [7, 11) is 0. The van der Waals surface area contributed by atoms with Crippen LogP contribution in [-0.2, 0) is 11.2 Å². The number of unbranched alkanes of at least 4 members (excludes halogenated alkanes) is 6. The molecule has 1 aliphatic rings. The minimum Gasteiger partial charge on any atom is -0.462 e. The lowest BCUT2D eigenvalue weighted by atomic mass is 9.99. The first-order chi connectivity index (χ1) is 15.4. The van der Waals surface area contributed by atoms with Gasteiger partial charge in [0.15, 0.2) is 0 Å². The quantitative estimate of drug-likeness (QED) is 0.303. The highest BCUT2D eigenvalue weighted by Crippen LogP contribution is 2.28. The molecule has 0 unspecified atom stereocenters. The molecule has 0 saturated carbocycles. The zero-order valence-corrected chi connectivity index (χ0v) is 18.5. The molecule has 178 valence electrons. The molecule has 1 aliphatic heterocycles. The normalized spacial score (nSPS) is 25.8. The predicted octanol–water partition coefficient (Wildman–Crippen LogP) is 2.26. The second kappa shape index (κ2) is 11.8. The van der Waals surface area contributed by atoms with E-state index in [4.69, 9.17) is 13.9 Å². The molecule has 0 amide bonds. The summed E-state index contributed by atoms with van der Waals surface area (Å²) in [5.41, 5.74) is 0.835. The van der Waals surface area contributed by atoms with E-state index in [1.165, 1.54) is 44.2 Å². The maximum absolute atomic E-state index is 12.1. The molecular weight excluding hydrogens is 416 g/mol. The molecule has 1 aromatic heterocycles. The van der Waals surface area contributed by atoms with E-state index in [0.29, 0.717) is 5.58 Å². The van der Waals surface area contributed by atoms with Crippen molar-refractivity contribution in [1.82, 2.24) is 0 Å². The molecule has 2 aromatic rings. The number of aliphatic hydroxyl groups is 4. The van der Waals surface area contributed by atoms with Crippen molar-refractivity contribution in [2.24, 2.45) is 0 Å². The van der Waals surface area contributed by atoms with Crippen LogP contribution < -0.4 is 10.4 Å². The van der Waals surface area contributed by atoms with Crippen LogP contribution in [0.1, 0.15) is 57.4 Å². The number of ether oxygens (including phenoxy) is 2. The van der Waals surface area contributed by atoms with Gasteiger partial charge in [-0.1, -0.05) is 45.4 Å². The molecule has 8 heteroatoms. The van der Waals surface area contributed by atoms with Gasteiger partial charge in [0.05, 0.1) is 6.61 Å². The number of aliphatic hydroxyl groups excluding tert-OH is 4. The molecule has 0 aliphatic carbocycles. The molecular formula is C24H34O8. The smallest absolute Gasteiger partial charge is 0.336 e. The molecule has 32 heavy (non-hydrogen) atoms. The molecule has 3 rings (SSSR count). The first-order valence-corrected chi connectivity index (χ1v) is 11.5. The van der Waals surface area contributed by atoms with Gasteiger partial charge in [0.1, 0.15) is 35.7 Å². The lowest BCUT2D eigenvalue weighted by Gasteiger charge is -2.39. The van der Waals surface area contributed by atoms with Gasteiger partial charge in [-0.25, -0.2) is 4.79 Å². The third-order valence-corrected chi connectivity index (χ3v) is 5.95. The SMILES string of the molecule is CCCCCCCCCc1cc(=O)oc2cc(O[C@@H]3O[C@H](CO)[C@@H](O)[C@H](O)[C@H]3O)ccc12. The van der Waals surface area contributed by atoms with Gasteiger partial charge in [-0.3, -0.25) is 0 Å². The second-order valence-corrected chi connectivity index (χ2v) is 8.44. The van der Waals surface area contributed by atoms with Crippen molar-refractivity contribution in [2.45, 2.75) is 89.0 Å². The first-order valence-electron chi connectivity index (χ1n) is 11.5. The predicted molar refractivity (Wildman–Crippen MR) is 119 cm³/mol. The summed E-state index contributed by atoms with van der Waals surface area (Å²) in [6.45, 7) is 1.66. The van der Waals surface area contributed by atoms with Gasteiger partial charge in [0.2, 0.25) is 6.29 Å². The summed E-state index contributed by atoms with van der Waals surface area (Å²) >= 11 is 0. The van der Waals surface area contributed by atoms with Crippen molar-refractivity contribution in [3.8, 4) is 5.75 Å². The Kier molecular flexibility index (Phi) is 9.07. The van der Waals surface area contributed by atoms with E-state index in [1.807, 2.05) is 0 Å². The van der Waals surface area contributed by atoms with Gasteiger partial charge >= 0.3 is 5.63 Å². The van der Waals surface area contributed by atoms with Gasteiger partial charge in [-0.2, -0.15) is 0 Å². The lowest BCUT2D eigenvalue weighted by Crippen LogP contribution is -2.60. The molecule has 8 nitrogen and oxygen atoms in total. The molecule has 5 atom stereocenters. The molecule has 0 bridgehead atoms. The fourth-order valence-corrected chi connectivity index (χ4v) is 4.06. The van der Waals surface area contributed by atoms with Gasteiger partial charge in [0, 0.05) is 17.5 Å². The molecule has 0 radical (unpaired) electrons. The van der Waals surface area contributed by atoms with Gasteiger partial charge in [-0.15, -0.1) is 0 Å². The van der Waals surface area contributed by atoms with Crippen LogP contribution in [0.25, 0.3) is 11.0 Å². The number of hydrogen-bond acceptors (Lipinski definition) is 8. The topological polar surface area (TPSA) is 130 Å². The Morgan fingerprint density at radius 2 is 1.66 bits per heavy atom. The maximum atomic E-state index is 12.1. The average Bonchev–Trinajstić information content (AvgIpc) is 2.78.